The van der Waals surface area contributed by atoms with Crippen LogP contribution >= 0.6 is 0 Å². The van der Waals surface area contributed by atoms with Gasteiger partial charge in [-0.3, -0.25) is 5.10 Å². The Kier molecular flexibility index (Phi) is 7.02. The molecule has 4 rings (SSSR count). The molecule has 0 saturated heterocycles. The molecule has 3 aromatic heterocycles. The van der Waals surface area contributed by atoms with Crippen molar-refractivity contribution in [1.29, 1.82) is 0 Å². The Morgan fingerprint density at radius 3 is 2.91 bits per heavy atom. The molecule has 0 atom stereocenters. The van der Waals surface area contributed by atoms with Crippen LogP contribution in [-0.2, 0) is 13.0 Å². The normalized spacial score (nSPS) is 11.1. The lowest BCUT2D eigenvalue weighted by Crippen LogP contribution is -2.37. The minimum absolute atomic E-state index is 0.100. The molecule has 0 bridgehead atoms. The molecule has 172 valence electrons. The highest BCUT2D eigenvalue weighted by Gasteiger charge is 2.10. The summed E-state index contributed by atoms with van der Waals surface area (Å²) in [6, 6.07) is 12.4. The summed E-state index contributed by atoms with van der Waals surface area (Å²) < 4.78 is 15.3. The van der Waals surface area contributed by atoms with E-state index in [1.807, 2.05) is 55.0 Å². The smallest absolute Gasteiger partial charge is 0.317 e. The molecule has 33 heavy (non-hydrogen) atoms. The average Bonchev–Trinajstić information content (AvgIpc) is 3.43. The number of nitrogens with one attached hydrogen (secondary N) is 2. The van der Waals surface area contributed by atoms with E-state index in [9.17, 15) is 9.18 Å². The van der Waals surface area contributed by atoms with Gasteiger partial charge in [-0.15, -0.1) is 0 Å². The number of amides is 2. The number of hydrogen-bond acceptors (Lipinski definition) is 3. The van der Waals surface area contributed by atoms with Crippen LogP contribution in [0.1, 0.15) is 36.2 Å². The monoisotopic (exact) mass is 448 g/mol. The van der Waals surface area contributed by atoms with E-state index in [2.05, 4.69) is 20.5 Å². The molecule has 2 amide bonds. The number of imidazole rings is 1. The Bertz CT molecular complexity index is 1230. The van der Waals surface area contributed by atoms with E-state index in [4.69, 9.17) is 0 Å². The van der Waals surface area contributed by atoms with E-state index in [1.165, 1.54) is 12.1 Å². The number of carbonyl (C=O) groups is 1. The number of fused-ring (bicyclic) bond motifs is 1. The zero-order valence-corrected chi connectivity index (χ0v) is 19.0. The molecule has 0 radical (unpaired) electrons. The molecule has 0 aliphatic rings. The Morgan fingerprint density at radius 1 is 1.18 bits per heavy atom. The molecule has 0 spiro atoms. The number of halogens is 1. The summed E-state index contributed by atoms with van der Waals surface area (Å²) in [6.07, 6.45) is 7.68. The van der Waals surface area contributed by atoms with Gasteiger partial charge in [0.25, 0.3) is 0 Å². The van der Waals surface area contributed by atoms with Crippen LogP contribution in [0.2, 0.25) is 0 Å². The molecule has 0 aliphatic heterocycles. The molecule has 0 saturated carbocycles. The second-order valence-corrected chi connectivity index (χ2v) is 8.38. The number of hydrogen-bond donors (Lipinski definition) is 2. The molecule has 7 nitrogen and oxygen atoms in total. The van der Waals surface area contributed by atoms with Gasteiger partial charge in [0, 0.05) is 37.2 Å². The number of aryl methyl sites for hydroxylation is 2. The lowest BCUT2D eigenvalue weighted by Gasteiger charge is -2.17. The van der Waals surface area contributed by atoms with Crippen molar-refractivity contribution in [2.45, 2.75) is 39.2 Å². The van der Waals surface area contributed by atoms with Crippen LogP contribution in [0.25, 0.3) is 16.9 Å². The van der Waals surface area contributed by atoms with Crippen molar-refractivity contribution in [3.63, 3.8) is 0 Å². The van der Waals surface area contributed by atoms with Crippen molar-refractivity contribution in [2.24, 2.45) is 0 Å². The number of carbonyl (C=O) groups excluding carboxylic acids is 1. The van der Waals surface area contributed by atoms with Gasteiger partial charge >= 0.3 is 6.03 Å². The summed E-state index contributed by atoms with van der Waals surface area (Å²) >= 11 is 0. The van der Waals surface area contributed by atoms with E-state index < -0.39 is 0 Å². The van der Waals surface area contributed by atoms with Gasteiger partial charge in [-0.05, 0) is 62.1 Å². The molecule has 1 aromatic carbocycles. The van der Waals surface area contributed by atoms with Gasteiger partial charge in [-0.25, -0.2) is 14.2 Å². The topological polar surface area (TPSA) is 78.3 Å². The standard InChI is InChI=1S/C25H29FN6O/c1-18-10-12-32-17-22(28-24(32)13-18)16-27-25(33)31(2)11-5-3-4-9-21-15-23(30-29-21)19-7-6-8-20(26)14-19/h6-8,10,12-15,17H,3-5,9,11,16H2,1-2H3,(H,27,33)(H,29,30). The number of aromatic nitrogens is 4. The SMILES string of the molecule is Cc1ccn2cc(CNC(=O)N(C)CCCCCc3cc(-c4cccc(F)c4)n[nH]3)nc2c1. The third-order valence-corrected chi connectivity index (χ3v) is 5.62. The zero-order valence-electron chi connectivity index (χ0n) is 19.0. The van der Waals surface area contributed by atoms with Gasteiger partial charge in [0.1, 0.15) is 11.5 Å². The number of nitrogens with zero attached hydrogens (tertiary/aromatic N) is 4. The fourth-order valence-electron chi connectivity index (χ4n) is 3.75. The summed E-state index contributed by atoms with van der Waals surface area (Å²) in [7, 11) is 1.81. The molecule has 0 unspecified atom stereocenters. The number of H-pyrrole nitrogens is 1. The summed E-state index contributed by atoms with van der Waals surface area (Å²) in [4.78, 5) is 18.6. The van der Waals surface area contributed by atoms with Crippen molar-refractivity contribution in [3.8, 4) is 11.3 Å². The predicted molar refractivity (Wildman–Crippen MR) is 126 cm³/mol. The Balaban J connectivity index is 1.15. The number of unbranched alkanes of at least 4 members (excludes halogenated alkanes) is 2. The molecule has 8 heteroatoms. The Morgan fingerprint density at radius 2 is 2.06 bits per heavy atom. The van der Waals surface area contributed by atoms with Crippen LogP contribution in [0.3, 0.4) is 0 Å². The quantitative estimate of drug-likeness (QED) is 0.364. The van der Waals surface area contributed by atoms with Crippen molar-refractivity contribution >= 4 is 11.7 Å². The van der Waals surface area contributed by atoms with Gasteiger partial charge < -0.3 is 14.6 Å². The maximum absolute atomic E-state index is 13.4. The first kappa shape index (κ1) is 22.5. The molecule has 2 N–H and O–H groups in total. The van der Waals surface area contributed by atoms with Crippen LogP contribution in [0.4, 0.5) is 9.18 Å². The number of urea groups is 1. The highest BCUT2D eigenvalue weighted by Crippen LogP contribution is 2.19. The summed E-state index contributed by atoms with van der Waals surface area (Å²) in [6.45, 7) is 3.12. The minimum Gasteiger partial charge on any atom is -0.332 e. The Hall–Kier alpha value is -3.68. The molecule has 0 aliphatic carbocycles. The van der Waals surface area contributed by atoms with E-state index in [-0.39, 0.29) is 11.8 Å². The molecule has 4 aromatic rings. The highest BCUT2D eigenvalue weighted by molar-refractivity contribution is 5.73. The van der Waals surface area contributed by atoms with Crippen LogP contribution < -0.4 is 5.32 Å². The first-order chi connectivity index (χ1) is 16.0. The number of rotatable bonds is 9. The molecule has 3 heterocycles. The van der Waals surface area contributed by atoms with Crippen LogP contribution in [0.5, 0.6) is 0 Å². The van der Waals surface area contributed by atoms with Gasteiger partial charge in [0.05, 0.1) is 17.9 Å². The van der Waals surface area contributed by atoms with Gasteiger partial charge in [0.2, 0.25) is 0 Å². The van der Waals surface area contributed by atoms with Gasteiger partial charge in [-0.2, -0.15) is 5.10 Å². The first-order valence-electron chi connectivity index (χ1n) is 11.2. The van der Waals surface area contributed by atoms with E-state index in [0.29, 0.717) is 13.1 Å². The molecule has 0 fully saturated rings. The highest BCUT2D eigenvalue weighted by atomic mass is 19.1. The average molecular weight is 449 g/mol. The van der Waals surface area contributed by atoms with Crippen molar-refractivity contribution in [2.75, 3.05) is 13.6 Å². The number of benzene rings is 1. The number of aromatic amines is 1. The van der Waals surface area contributed by atoms with E-state index in [0.717, 1.165) is 59.5 Å². The maximum atomic E-state index is 13.4. The lowest BCUT2D eigenvalue weighted by molar-refractivity contribution is 0.207. The fraction of sp³-hybridized carbons (Fsp3) is 0.320. The van der Waals surface area contributed by atoms with Gasteiger partial charge in [0.15, 0.2) is 0 Å². The maximum Gasteiger partial charge on any atom is 0.317 e. The third-order valence-electron chi connectivity index (χ3n) is 5.62. The van der Waals surface area contributed by atoms with Crippen LogP contribution in [-0.4, -0.2) is 44.1 Å². The second kappa shape index (κ2) is 10.3. The predicted octanol–water partition coefficient (Wildman–Crippen LogP) is 4.73. The van der Waals surface area contributed by atoms with Crippen LogP contribution in [0, 0.1) is 12.7 Å². The summed E-state index contributed by atoms with van der Waals surface area (Å²) in [5, 5.41) is 10.2. The summed E-state index contributed by atoms with van der Waals surface area (Å²) in [5.74, 6) is -0.265. The largest absolute Gasteiger partial charge is 0.332 e. The minimum atomic E-state index is -0.265. The van der Waals surface area contributed by atoms with Gasteiger partial charge in [-0.1, -0.05) is 18.6 Å². The van der Waals surface area contributed by atoms with Crippen molar-refractivity contribution < 1.29 is 9.18 Å². The second-order valence-electron chi connectivity index (χ2n) is 8.38. The van der Waals surface area contributed by atoms with E-state index in [1.54, 1.807) is 11.0 Å². The third kappa shape index (κ3) is 5.97. The van der Waals surface area contributed by atoms with Crippen molar-refractivity contribution in [3.05, 3.63) is 77.6 Å². The molecular weight excluding hydrogens is 419 g/mol. The Labute approximate surface area is 192 Å². The summed E-state index contributed by atoms with van der Waals surface area (Å²) in [5.41, 5.74) is 5.42. The zero-order chi connectivity index (χ0) is 23.2. The van der Waals surface area contributed by atoms with Crippen molar-refractivity contribution in [1.82, 2.24) is 29.8 Å². The number of pyridine rings is 1. The molecular formula is C25H29FN6O. The fourth-order valence-corrected chi connectivity index (χ4v) is 3.75. The lowest BCUT2D eigenvalue weighted by atomic mass is 10.1. The van der Waals surface area contributed by atoms with E-state index >= 15 is 0 Å². The first-order valence-corrected chi connectivity index (χ1v) is 11.2. The van der Waals surface area contributed by atoms with Crippen LogP contribution in [0.15, 0.2) is 54.9 Å².